The zero-order chi connectivity index (χ0) is 22.1. The number of carbonyl (C=O) groups is 2. The van der Waals surface area contributed by atoms with E-state index in [0.717, 1.165) is 16.7 Å². The second kappa shape index (κ2) is 11.3. The Bertz CT molecular complexity index is 993. The van der Waals surface area contributed by atoms with Gasteiger partial charge >= 0.3 is 0 Å². The first-order valence-corrected chi connectivity index (χ1v) is 10.8. The molecule has 2 amide bonds. The molecule has 0 spiro atoms. The summed E-state index contributed by atoms with van der Waals surface area (Å²) in [4.78, 5) is 28.2. The third kappa shape index (κ3) is 6.69. The number of halogens is 1. The summed E-state index contributed by atoms with van der Waals surface area (Å²) >= 11 is 6.18. The number of likely N-dealkylation sites (N-methyl/N-ethyl adjacent to an activating group) is 1. The second-order valence-corrected chi connectivity index (χ2v) is 7.85. The molecule has 1 atom stereocenters. The second-order valence-electron chi connectivity index (χ2n) is 7.41. The van der Waals surface area contributed by atoms with Gasteiger partial charge in [0.05, 0.1) is 6.42 Å². The lowest BCUT2D eigenvalue weighted by Gasteiger charge is -2.31. The van der Waals surface area contributed by atoms with Gasteiger partial charge in [-0.25, -0.2) is 0 Å². The zero-order valence-electron chi connectivity index (χ0n) is 17.6. The summed E-state index contributed by atoms with van der Waals surface area (Å²) in [5.74, 6) is -0.256. The van der Waals surface area contributed by atoms with Crippen molar-refractivity contribution >= 4 is 23.4 Å². The lowest BCUT2D eigenvalue weighted by molar-refractivity contribution is -0.140. The Balaban J connectivity index is 1.94. The first-order valence-electron chi connectivity index (χ1n) is 10.5. The largest absolute Gasteiger partial charge is 0.355 e. The molecule has 3 aromatic carbocycles. The number of hydrogen-bond acceptors (Lipinski definition) is 2. The molecular formula is C26H27ClN2O2. The van der Waals surface area contributed by atoms with E-state index in [0.29, 0.717) is 24.5 Å². The van der Waals surface area contributed by atoms with Crippen LogP contribution in [0.15, 0.2) is 84.9 Å². The molecule has 31 heavy (non-hydrogen) atoms. The van der Waals surface area contributed by atoms with E-state index in [4.69, 9.17) is 11.6 Å². The van der Waals surface area contributed by atoms with E-state index in [1.165, 1.54) is 0 Å². The van der Waals surface area contributed by atoms with Crippen LogP contribution in [-0.4, -0.2) is 29.3 Å². The number of rotatable bonds is 9. The van der Waals surface area contributed by atoms with Crippen LogP contribution in [0.5, 0.6) is 0 Å². The molecule has 0 heterocycles. The third-order valence-corrected chi connectivity index (χ3v) is 5.30. The maximum absolute atomic E-state index is 13.5. The van der Waals surface area contributed by atoms with Crippen LogP contribution < -0.4 is 5.32 Å². The fraction of sp³-hybridized carbons (Fsp3) is 0.231. The Kier molecular flexibility index (Phi) is 8.25. The van der Waals surface area contributed by atoms with Gasteiger partial charge in [0.2, 0.25) is 11.8 Å². The molecule has 160 valence electrons. The fourth-order valence-electron chi connectivity index (χ4n) is 3.55. The van der Waals surface area contributed by atoms with Gasteiger partial charge in [0.25, 0.3) is 0 Å². The highest BCUT2D eigenvalue weighted by Gasteiger charge is 2.30. The predicted molar refractivity (Wildman–Crippen MR) is 125 cm³/mol. The highest BCUT2D eigenvalue weighted by atomic mass is 35.5. The zero-order valence-corrected chi connectivity index (χ0v) is 18.4. The molecule has 0 aliphatic heterocycles. The van der Waals surface area contributed by atoms with Crippen molar-refractivity contribution in [3.8, 4) is 0 Å². The molecule has 0 fully saturated rings. The number of amides is 2. The molecule has 0 unspecified atom stereocenters. The topological polar surface area (TPSA) is 49.4 Å². The molecule has 0 aliphatic carbocycles. The van der Waals surface area contributed by atoms with Crippen molar-refractivity contribution in [2.75, 3.05) is 6.54 Å². The lowest BCUT2D eigenvalue weighted by Crippen LogP contribution is -2.50. The Morgan fingerprint density at radius 1 is 0.871 bits per heavy atom. The average molecular weight is 435 g/mol. The SMILES string of the molecule is CCNC(=O)[C@H](Cc1ccccc1)N(Cc1cccc(Cl)c1)C(=O)Cc1ccccc1. The lowest BCUT2D eigenvalue weighted by atomic mass is 10.0. The van der Waals surface area contributed by atoms with E-state index in [1.807, 2.05) is 85.8 Å². The van der Waals surface area contributed by atoms with Crippen LogP contribution in [0, 0.1) is 0 Å². The average Bonchev–Trinajstić information content (AvgIpc) is 2.77. The first-order chi connectivity index (χ1) is 15.1. The monoisotopic (exact) mass is 434 g/mol. The number of nitrogens with one attached hydrogen (secondary N) is 1. The van der Waals surface area contributed by atoms with Gasteiger partial charge in [-0.1, -0.05) is 84.4 Å². The minimum absolute atomic E-state index is 0.0987. The summed E-state index contributed by atoms with van der Waals surface area (Å²) in [6.07, 6.45) is 0.667. The van der Waals surface area contributed by atoms with Crippen molar-refractivity contribution in [3.63, 3.8) is 0 Å². The quantitative estimate of drug-likeness (QED) is 0.532. The van der Waals surface area contributed by atoms with E-state index in [9.17, 15) is 9.59 Å². The normalized spacial score (nSPS) is 11.5. The van der Waals surface area contributed by atoms with Crippen LogP contribution >= 0.6 is 11.6 Å². The summed E-state index contributed by atoms with van der Waals surface area (Å²) in [6.45, 7) is 2.69. The van der Waals surface area contributed by atoms with E-state index in [-0.39, 0.29) is 18.2 Å². The van der Waals surface area contributed by atoms with Gasteiger partial charge < -0.3 is 10.2 Å². The van der Waals surface area contributed by atoms with Crippen LogP contribution in [-0.2, 0) is 29.0 Å². The number of nitrogens with zero attached hydrogens (tertiary/aromatic N) is 1. The molecule has 0 aromatic heterocycles. The molecule has 1 N–H and O–H groups in total. The molecule has 4 nitrogen and oxygen atoms in total. The Hall–Kier alpha value is -3.11. The molecule has 0 aliphatic rings. The number of carbonyl (C=O) groups excluding carboxylic acids is 2. The number of hydrogen-bond donors (Lipinski definition) is 1. The standard InChI is InChI=1S/C26H27ClN2O2/c1-2-28-26(31)24(17-20-10-5-3-6-11-20)29(19-22-14-9-15-23(27)16-22)25(30)18-21-12-7-4-8-13-21/h3-16,24H,2,17-19H2,1H3,(H,28,31)/t24-/m0/s1. The van der Waals surface area contributed by atoms with Crippen molar-refractivity contribution in [1.82, 2.24) is 10.2 Å². The van der Waals surface area contributed by atoms with Crippen molar-refractivity contribution in [3.05, 3.63) is 107 Å². The van der Waals surface area contributed by atoms with Gasteiger partial charge in [-0.15, -0.1) is 0 Å². The molecule has 3 rings (SSSR count). The van der Waals surface area contributed by atoms with Crippen LogP contribution in [0.4, 0.5) is 0 Å². The Morgan fingerprint density at radius 3 is 2.10 bits per heavy atom. The maximum atomic E-state index is 13.5. The number of benzene rings is 3. The van der Waals surface area contributed by atoms with Crippen LogP contribution in [0.3, 0.4) is 0 Å². The smallest absolute Gasteiger partial charge is 0.243 e. The van der Waals surface area contributed by atoms with Crippen LogP contribution in [0.25, 0.3) is 0 Å². The van der Waals surface area contributed by atoms with Crippen molar-refractivity contribution in [2.24, 2.45) is 0 Å². The van der Waals surface area contributed by atoms with Crippen molar-refractivity contribution < 1.29 is 9.59 Å². The van der Waals surface area contributed by atoms with Gasteiger partial charge in [-0.05, 0) is 35.7 Å². The Morgan fingerprint density at radius 2 is 1.48 bits per heavy atom. The van der Waals surface area contributed by atoms with Gasteiger partial charge in [0.1, 0.15) is 6.04 Å². The minimum atomic E-state index is -0.627. The van der Waals surface area contributed by atoms with Crippen LogP contribution in [0.2, 0.25) is 5.02 Å². The van der Waals surface area contributed by atoms with Gasteiger partial charge in [-0.2, -0.15) is 0 Å². The summed E-state index contributed by atoms with van der Waals surface area (Å²) in [5, 5.41) is 3.51. The molecule has 0 bridgehead atoms. The Labute approximate surface area is 188 Å². The summed E-state index contributed by atoms with van der Waals surface area (Å²) < 4.78 is 0. The van der Waals surface area contributed by atoms with E-state index < -0.39 is 6.04 Å². The van der Waals surface area contributed by atoms with Gasteiger partial charge in [-0.3, -0.25) is 9.59 Å². The predicted octanol–water partition coefficient (Wildman–Crippen LogP) is 4.66. The first kappa shape index (κ1) is 22.6. The summed E-state index contributed by atoms with van der Waals surface area (Å²) in [5.41, 5.74) is 2.80. The molecule has 0 saturated heterocycles. The highest BCUT2D eigenvalue weighted by molar-refractivity contribution is 6.30. The maximum Gasteiger partial charge on any atom is 0.243 e. The van der Waals surface area contributed by atoms with Crippen molar-refractivity contribution in [1.29, 1.82) is 0 Å². The minimum Gasteiger partial charge on any atom is -0.355 e. The molecule has 5 heteroatoms. The van der Waals surface area contributed by atoms with E-state index in [2.05, 4.69) is 5.32 Å². The van der Waals surface area contributed by atoms with Gasteiger partial charge in [0.15, 0.2) is 0 Å². The third-order valence-electron chi connectivity index (χ3n) is 5.06. The molecular weight excluding hydrogens is 408 g/mol. The highest BCUT2D eigenvalue weighted by Crippen LogP contribution is 2.18. The fourth-order valence-corrected chi connectivity index (χ4v) is 3.76. The summed E-state index contributed by atoms with van der Waals surface area (Å²) in [7, 11) is 0. The molecule has 3 aromatic rings. The molecule has 0 radical (unpaired) electrons. The van der Waals surface area contributed by atoms with Crippen LogP contribution in [0.1, 0.15) is 23.6 Å². The molecule has 0 saturated carbocycles. The summed E-state index contributed by atoms with van der Waals surface area (Å²) in [6, 6.07) is 26.2. The van der Waals surface area contributed by atoms with Crippen molar-refractivity contribution in [2.45, 2.75) is 32.4 Å². The van der Waals surface area contributed by atoms with Gasteiger partial charge in [0, 0.05) is 24.5 Å². The van der Waals surface area contributed by atoms with E-state index >= 15 is 0 Å². The van der Waals surface area contributed by atoms with E-state index in [1.54, 1.807) is 11.0 Å².